The Morgan fingerprint density at radius 2 is 0.674 bits per heavy atom. The number of rotatable bonds is 17. The number of aromatic nitrogens is 6. The summed E-state index contributed by atoms with van der Waals surface area (Å²) in [6.07, 6.45) is 9.87. The van der Waals surface area contributed by atoms with Crippen LogP contribution in [0.4, 0.5) is 30.8 Å². The van der Waals surface area contributed by atoms with Gasteiger partial charge in [-0.05, 0) is 195 Å². The van der Waals surface area contributed by atoms with Gasteiger partial charge in [-0.15, -0.1) is 0 Å². The van der Waals surface area contributed by atoms with Gasteiger partial charge >= 0.3 is 0 Å². The number of thiazole rings is 6. The zero-order valence-corrected chi connectivity index (χ0v) is 80.9. The molecule has 19 N–H and O–H groups in total. The van der Waals surface area contributed by atoms with Crippen molar-refractivity contribution in [2.24, 2.45) is 118 Å². The highest BCUT2D eigenvalue weighted by molar-refractivity contribution is 7.23. The minimum atomic E-state index is -0.164. The summed E-state index contributed by atoms with van der Waals surface area (Å²) in [4.78, 5) is 135. The summed E-state index contributed by atoms with van der Waals surface area (Å²) in [5.74, 6) is 1.67. The average molecular weight is 2020 g/mol. The summed E-state index contributed by atoms with van der Waals surface area (Å²) in [7, 11) is 0. The first-order valence-electron chi connectivity index (χ1n) is 44.3. The fourth-order valence-corrected chi connectivity index (χ4v) is 22.0. The number of fused-ring (bicyclic) bond motifs is 7. The standard InChI is InChI=1S/2C18H15ClN4OS.C18H16N4OS.C16H18N4OS.C15H17N5O2S.C12H11ClN4OS/c19-11-5-3-4-10(8-11)12-9-13(12)16(24)22-17(20)23-18-21-14-6-1-2-7-15(14)25-18;19-13-6-2-1-5-10(13)11-9-12(11)16(24)22-17(20)23-18-21-14-7-3-4-8-15(14)25-18;19-17(22-18-20-14-8-4-5-9-15(14)24-18)21-16(23)13-10-12(13)11-6-2-1-3-7-11;17-15(19-14(21)13-9-5-1-2-6-10(9)13)20-16-18-11-7-3-4-8-12(11)22-16;1-8(21)17-7-9-6-10(9)13(22)19-14(16)20-15-18-11-4-2-3-5-12(11)23-15;13-7-2-1-3-8-9(7)15-12(19-8)17-11(14)16-10(18)6-4-5-6/h1-8,12-13H,9H2,(H3,20,21,22,23,24);1-8,11-12H,9H2,(H3,20,21,22,23,24);1-9,12-13H,10H2,(H3,19,20,21,22,23);3-4,7-10,13H,1-2,5-6H2,(H3,17,18,19,20,21);2-5,9-10H,6-7H2,1H3,(H,17,21)(H3,16,18,19,20,22);1-3,6H,4-5H2,(H3,14,15,16,17,18)/t12-,13+;11-,12+;12-,13?;9-,10+,13?;;/m110.../s1. The molecule has 22 rings (SSSR count). The second-order valence-electron chi connectivity index (χ2n) is 33.6. The molecule has 6 aromatic heterocycles. The highest BCUT2D eigenvalue weighted by Gasteiger charge is 2.55. The molecule has 7 aliphatic rings. The quantitative estimate of drug-likeness (QED) is 0.0297. The molecule has 0 aliphatic heterocycles. The fourth-order valence-electron chi connectivity index (χ4n) is 16.1. The van der Waals surface area contributed by atoms with Crippen LogP contribution >= 0.6 is 103 Å². The molecule has 0 spiro atoms. The first kappa shape index (κ1) is 96.0. The van der Waals surface area contributed by atoms with Crippen molar-refractivity contribution in [3.8, 4) is 0 Å². The molecule has 9 aromatic carbocycles. The van der Waals surface area contributed by atoms with Crippen molar-refractivity contribution in [1.82, 2.24) is 67.1 Å². The van der Waals surface area contributed by atoms with Gasteiger partial charge in [-0.3, -0.25) is 65.5 Å². The molecular formula is C97H92Cl3N25O7S6. The van der Waals surface area contributed by atoms with E-state index in [1.165, 1.54) is 106 Å². The Hall–Kier alpha value is -13.7. The summed E-state index contributed by atoms with van der Waals surface area (Å²) in [5, 5.41) is 23.8. The molecule has 32 nitrogen and oxygen atoms in total. The van der Waals surface area contributed by atoms with Crippen molar-refractivity contribution in [1.29, 1.82) is 0 Å². The number of halogens is 3. The number of hydrogen-bond donors (Lipinski definition) is 13. The van der Waals surface area contributed by atoms with Crippen LogP contribution in [-0.2, 0) is 33.6 Å². The fraction of sp³-hybridized carbons (Fsp3) is 0.247. The van der Waals surface area contributed by atoms with Gasteiger partial charge in [-0.2, -0.15) is 30.0 Å². The molecule has 7 amide bonds. The van der Waals surface area contributed by atoms with E-state index >= 15 is 0 Å². The van der Waals surface area contributed by atoms with E-state index in [2.05, 4.69) is 109 Å². The highest BCUT2D eigenvalue weighted by Crippen LogP contribution is 2.56. The van der Waals surface area contributed by atoms with Crippen LogP contribution < -0.4 is 71.6 Å². The van der Waals surface area contributed by atoms with Gasteiger partial charge in [0.25, 0.3) is 0 Å². The highest BCUT2D eigenvalue weighted by atomic mass is 35.5. The van der Waals surface area contributed by atoms with E-state index in [0.717, 1.165) is 105 Å². The number of guanidine groups is 6. The van der Waals surface area contributed by atoms with E-state index in [1.807, 2.05) is 200 Å². The predicted octanol–water partition coefficient (Wildman–Crippen LogP) is 17.1. The first-order chi connectivity index (χ1) is 66.8. The Morgan fingerprint density at radius 3 is 1.08 bits per heavy atom. The van der Waals surface area contributed by atoms with E-state index in [4.69, 9.17) is 69.2 Å². The summed E-state index contributed by atoms with van der Waals surface area (Å²) in [5.41, 5.74) is 43.3. The molecule has 7 fully saturated rings. The van der Waals surface area contributed by atoms with Gasteiger partial charge in [0.1, 0.15) is 5.52 Å². The van der Waals surface area contributed by atoms with Crippen molar-refractivity contribution in [3.63, 3.8) is 0 Å². The van der Waals surface area contributed by atoms with Crippen molar-refractivity contribution in [2.45, 2.75) is 88.9 Å². The maximum atomic E-state index is 12.3. The zero-order chi connectivity index (χ0) is 96.2. The molecule has 7 aliphatic carbocycles. The SMILES string of the molecule is CC(=O)NCC1CC1C(=O)NC(N)=Nc1nc2ccccc2s1.NC(=Nc1nc2c(Cl)cccc2s1)NC(=O)C1CC1.NC(=Nc1nc2ccccc2s1)NC(=O)C1C[C@H]1c1ccccc1.NC(=Nc1nc2ccccc2s1)NC(=O)C1[C@H]2CCCC[C@@H]12.NC(=Nc1nc2ccccc2s1)NC(=O)[C@H]1C[C@@H]1c1cccc(Cl)c1.NC(=Nc1nc2ccccc2s1)NC(=O)[C@H]1C[C@@H]1c1ccccc1Cl. The molecule has 11 atom stereocenters. The lowest BCUT2D eigenvalue weighted by molar-refractivity contribution is -0.122. The van der Waals surface area contributed by atoms with Crippen LogP contribution in [0.2, 0.25) is 15.1 Å². The van der Waals surface area contributed by atoms with Gasteiger partial charge in [0.05, 0.1) is 60.8 Å². The van der Waals surface area contributed by atoms with E-state index in [9.17, 15) is 33.6 Å². The Labute approximate surface area is 829 Å². The first-order valence-corrected chi connectivity index (χ1v) is 50.4. The molecule has 7 saturated carbocycles. The average Bonchev–Trinajstić information content (AvgIpc) is 1.60. The van der Waals surface area contributed by atoms with E-state index < -0.39 is 0 Å². The molecule has 138 heavy (non-hydrogen) atoms. The predicted molar refractivity (Wildman–Crippen MR) is 553 cm³/mol. The zero-order valence-electron chi connectivity index (χ0n) is 73.8. The molecule has 41 heteroatoms. The monoisotopic (exact) mass is 2020 g/mol. The number of benzene rings is 9. The van der Waals surface area contributed by atoms with Crippen LogP contribution in [0.15, 0.2) is 248 Å². The van der Waals surface area contributed by atoms with Gasteiger partial charge in [-0.25, -0.2) is 29.9 Å². The van der Waals surface area contributed by atoms with Gasteiger partial charge < -0.3 is 39.7 Å². The van der Waals surface area contributed by atoms with E-state index in [-0.39, 0.29) is 136 Å². The summed E-state index contributed by atoms with van der Waals surface area (Å²) in [6, 6.07) is 69.7. The minimum Gasteiger partial charge on any atom is -0.369 e. The lowest BCUT2D eigenvalue weighted by Gasteiger charge is -2.04. The number of carbonyl (C=O) groups is 7. The summed E-state index contributed by atoms with van der Waals surface area (Å²) in [6.45, 7) is 1.97. The number of para-hydroxylation sites is 6. The van der Waals surface area contributed by atoms with E-state index in [0.29, 0.717) is 69.8 Å². The maximum absolute atomic E-state index is 12.3. The van der Waals surface area contributed by atoms with Gasteiger partial charge in [0.2, 0.25) is 108 Å². The Balaban J connectivity index is 0.000000115. The molecule has 4 unspecified atom stereocenters. The topological polar surface area (TPSA) is 511 Å². The third-order valence-corrected chi connectivity index (χ3v) is 30.0. The number of carbonyl (C=O) groups excluding carboxylic acids is 7. The maximum Gasteiger partial charge on any atom is 0.230 e. The van der Waals surface area contributed by atoms with Crippen LogP contribution in [-0.4, -0.2) is 114 Å². The molecular weight excluding hydrogens is 1930 g/mol. The van der Waals surface area contributed by atoms with Gasteiger partial charge in [0, 0.05) is 59.0 Å². The third-order valence-electron chi connectivity index (χ3n) is 23.5. The minimum absolute atomic E-state index is 0.0271. The lowest BCUT2D eigenvalue weighted by atomic mass is 10.0. The molecule has 704 valence electrons. The van der Waals surface area contributed by atoms with Gasteiger partial charge in [-0.1, -0.05) is 243 Å². The van der Waals surface area contributed by atoms with Crippen molar-refractivity contribution in [2.75, 3.05) is 6.54 Å². The molecule has 0 radical (unpaired) electrons. The van der Waals surface area contributed by atoms with Gasteiger partial charge in [0.15, 0.2) is 0 Å². The summed E-state index contributed by atoms with van der Waals surface area (Å²) >= 11 is 26.8. The van der Waals surface area contributed by atoms with Crippen molar-refractivity contribution >= 4 is 272 Å². The van der Waals surface area contributed by atoms with Crippen LogP contribution in [0.25, 0.3) is 61.3 Å². The Kier molecular flexibility index (Phi) is 30.4. The van der Waals surface area contributed by atoms with Crippen molar-refractivity contribution < 1.29 is 33.6 Å². The number of hydrogen-bond acceptors (Lipinski definition) is 25. The van der Waals surface area contributed by atoms with Crippen LogP contribution in [0.5, 0.6) is 0 Å². The number of aliphatic imine (C=N–C) groups is 6. The lowest BCUT2D eigenvalue weighted by Crippen LogP contribution is -2.38. The largest absolute Gasteiger partial charge is 0.369 e. The molecule has 0 bridgehead atoms. The Bertz CT molecular complexity index is 7120. The number of amides is 7. The van der Waals surface area contributed by atoms with Crippen LogP contribution in [0.1, 0.15) is 106 Å². The molecule has 6 heterocycles. The van der Waals surface area contributed by atoms with Crippen molar-refractivity contribution in [3.05, 3.63) is 250 Å². The van der Waals surface area contributed by atoms with Crippen LogP contribution in [0, 0.1) is 53.3 Å². The second kappa shape index (κ2) is 43.8. The third kappa shape index (κ3) is 25.6. The summed E-state index contributed by atoms with van der Waals surface area (Å²) < 4.78 is 6.12. The smallest absolute Gasteiger partial charge is 0.230 e. The molecule has 0 saturated heterocycles. The Morgan fingerprint density at radius 1 is 0.341 bits per heavy atom. The number of nitrogens with zero attached hydrogens (tertiary/aromatic N) is 12. The van der Waals surface area contributed by atoms with Crippen LogP contribution in [0.3, 0.4) is 0 Å². The number of nitrogens with one attached hydrogen (secondary N) is 7. The normalized spacial score (nSPS) is 20.6. The second-order valence-corrected chi connectivity index (χ2v) is 40.9. The van der Waals surface area contributed by atoms with E-state index in [1.54, 1.807) is 6.07 Å². The number of nitrogens with two attached hydrogens (primary N) is 6. The molecule has 15 aromatic rings.